The van der Waals surface area contributed by atoms with Crippen LogP contribution in [0.3, 0.4) is 0 Å². The predicted octanol–water partition coefficient (Wildman–Crippen LogP) is 3.19. The topological polar surface area (TPSA) is 32.3 Å². The van der Waals surface area contributed by atoms with Gasteiger partial charge in [-0.05, 0) is 31.0 Å². The van der Waals surface area contributed by atoms with E-state index < -0.39 is 5.82 Å². The molecular weight excluding hydrogens is 229 g/mol. The van der Waals surface area contributed by atoms with Gasteiger partial charge >= 0.3 is 0 Å². The van der Waals surface area contributed by atoms with E-state index in [-0.39, 0.29) is 17.2 Å². The zero-order valence-corrected chi connectivity index (χ0v) is 9.67. The Bertz CT molecular complexity index is 372. The van der Waals surface area contributed by atoms with Crippen LogP contribution < -0.4 is 5.32 Å². The Morgan fingerprint density at radius 3 is 2.75 bits per heavy atom. The first-order valence-corrected chi connectivity index (χ1v) is 5.94. The van der Waals surface area contributed by atoms with Crippen molar-refractivity contribution >= 4 is 17.3 Å². The molecule has 2 N–H and O–H groups in total. The van der Waals surface area contributed by atoms with Gasteiger partial charge in [-0.1, -0.05) is 24.4 Å². The van der Waals surface area contributed by atoms with Crippen LogP contribution in [0.2, 0.25) is 5.02 Å². The Labute approximate surface area is 99.4 Å². The molecule has 0 bridgehead atoms. The number of nitrogens with one attached hydrogen (secondary N) is 1. The van der Waals surface area contributed by atoms with Crippen molar-refractivity contribution in [1.82, 2.24) is 0 Å². The quantitative estimate of drug-likeness (QED) is 0.836. The third kappa shape index (κ3) is 2.66. The van der Waals surface area contributed by atoms with Gasteiger partial charge in [-0.15, -0.1) is 0 Å². The van der Waals surface area contributed by atoms with Gasteiger partial charge in [0, 0.05) is 5.69 Å². The van der Waals surface area contributed by atoms with Crippen molar-refractivity contribution in [3.05, 3.63) is 29.0 Å². The molecule has 1 aromatic carbocycles. The van der Waals surface area contributed by atoms with Crippen LogP contribution in [0.1, 0.15) is 25.7 Å². The van der Waals surface area contributed by atoms with Gasteiger partial charge in [-0.2, -0.15) is 0 Å². The molecule has 1 fully saturated rings. The number of benzene rings is 1. The van der Waals surface area contributed by atoms with E-state index in [1.807, 2.05) is 0 Å². The first-order chi connectivity index (χ1) is 7.66. The number of anilines is 1. The lowest BCUT2D eigenvalue weighted by Crippen LogP contribution is -2.36. The highest BCUT2D eigenvalue weighted by atomic mass is 35.5. The number of halogens is 2. The second-order valence-corrected chi connectivity index (χ2v) is 4.64. The van der Waals surface area contributed by atoms with E-state index >= 15 is 0 Å². The van der Waals surface area contributed by atoms with E-state index in [0.29, 0.717) is 5.69 Å². The average Bonchev–Trinajstić information content (AvgIpc) is 2.27. The van der Waals surface area contributed by atoms with Gasteiger partial charge in [0.2, 0.25) is 0 Å². The summed E-state index contributed by atoms with van der Waals surface area (Å²) in [5.41, 5.74) is 0.674. The molecule has 0 amide bonds. The molecule has 2 atom stereocenters. The standard InChI is InChI=1S/C12H15ClFNO/c13-9-6-5-8(7-10(9)14)15-11-3-1-2-4-12(11)16/h5-7,11-12,15-16H,1-4H2/t11-,12-/m0/s1. The molecule has 1 saturated carbocycles. The molecule has 1 aliphatic carbocycles. The van der Waals surface area contributed by atoms with Gasteiger partial charge < -0.3 is 10.4 Å². The molecule has 2 rings (SSSR count). The van der Waals surface area contributed by atoms with Gasteiger partial charge in [0.05, 0.1) is 17.2 Å². The van der Waals surface area contributed by atoms with Crippen molar-refractivity contribution in [3.63, 3.8) is 0 Å². The van der Waals surface area contributed by atoms with E-state index in [4.69, 9.17) is 11.6 Å². The predicted molar refractivity (Wildman–Crippen MR) is 63.3 cm³/mol. The highest BCUT2D eigenvalue weighted by molar-refractivity contribution is 6.30. The van der Waals surface area contributed by atoms with Gasteiger partial charge in [0.25, 0.3) is 0 Å². The lowest BCUT2D eigenvalue weighted by atomic mass is 9.92. The van der Waals surface area contributed by atoms with E-state index in [0.717, 1.165) is 25.7 Å². The largest absolute Gasteiger partial charge is 0.391 e. The molecular formula is C12H15ClFNO. The minimum Gasteiger partial charge on any atom is -0.391 e. The SMILES string of the molecule is O[C@H]1CCCC[C@@H]1Nc1ccc(Cl)c(F)c1. The summed E-state index contributed by atoms with van der Waals surface area (Å²) >= 11 is 5.60. The average molecular weight is 244 g/mol. The van der Waals surface area contributed by atoms with Crippen LogP contribution in [0.15, 0.2) is 18.2 Å². The molecule has 1 aromatic rings. The van der Waals surface area contributed by atoms with E-state index in [9.17, 15) is 9.50 Å². The minimum absolute atomic E-state index is 0.0225. The summed E-state index contributed by atoms with van der Waals surface area (Å²) in [4.78, 5) is 0. The Balaban J connectivity index is 2.05. The second-order valence-electron chi connectivity index (χ2n) is 4.23. The fourth-order valence-corrected chi connectivity index (χ4v) is 2.20. The zero-order valence-electron chi connectivity index (χ0n) is 8.92. The summed E-state index contributed by atoms with van der Waals surface area (Å²) in [6, 6.07) is 4.64. The summed E-state index contributed by atoms with van der Waals surface area (Å²) in [5, 5.41) is 13.0. The molecule has 16 heavy (non-hydrogen) atoms. The summed E-state index contributed by atoms with van der Waals surface area (Å²) in [5.74, 6) is -0.433. The maximum atomic E-state index is 13.2. The fraction of sp³-hybridized carbons (Fsp3) is 0.500. The van der Waals surface area contributed by atoms with Crippen molar-refractivity contribution in [2.75, 3.05) is 5.32 Å². The molecule has 2 nitrogen and oxygen atoms in total. The van der Waals surface area contributed by atoms with E-state index in [1.54, 1.807) is 6.07 Å². The Hall–Kier alpha value is -0.800. The fourth-order valence-electron chi connectivity index (χ4n) is 2.08. The van der Waals surface area contributed by atoms with Crippen LogP contribution in [0.25, 0.3) is 0 Å². The molecule has 4 heteroatoms. The number of hydrogen-bond acceptors (Lipinski definition) is 2. The van der Waals surface area contributed by atoms with Crippen LogP contribution in [0.5, 0.6) is 0 Å². The second kappa shape index (κ2) is 5.02. The van der Waals surface area contributed by atoms with Crippen molar-refractivity contribution in [3.8, 4) is 0 Å². The summed E-state index contributed by atoms with van der Waals surface area (Å²) in [6.45, 7) is 0. The molecule has 0 saturated heterocycles. The van der Waals surface area contributed by atoms with Crippen molar-refractivity contribution in [2.45, 2.75) is 37.8 Å². The number of aliphatic hydroxyl groups is 1. The van der Waals surface area contributed by atoms with Gasteiger partial charge in [0.15, 0.2) is 0 Å². The van der Waals surface area contributed by atoms with Crippen molar-refractivity contribution < 1.29 is 9.50 Å². The summed E-state index contributed by atoms with van der Waals surface area (Å²) < 4.78 is 13.2. The number of hydrogen-bond donors (Lipinski definition) is 2. The first-order valence-electron chi connectivity index (χ1n) is 5.56. The third-order valence-electron chi connectivity index (χ3n) is 3.00. The lowest BCUT2D eigenvalue weighted by molar-refractivity contribution is 0.116. The maximum absolute atomic E-state index is 13.2. The first kappa shape index (κ1) is 11.7. The summed E-state index contributed by atoms with van der Waals surface area (Å²) in [6.07, 6.45) is 3.56. The molecule has 0 spiro atoms. The molecule has 1 aliphatic rings. The highest BCUT2D eigenvalue weighted by Gasteiger charge is 2.22. The summed E-state index contributed by atoms with van der Waals surface area (Å²) in [7, 11) is 0. The van der Waals surface area contributed by atoms with Crippen molar-refractivity contribution in [2.24, 2.45) is 0 Å². The molecule has 88 valence electrons. The van der Waals surface area contributed by atoms with Gasteiger partial charge in [-0.3, -0.25) is 0 Å². The molecule has 0 aliphatic heterocycles. The van der Waals surface area contributed by atoms with Crippen LogP contribution in [-0.4, -0.2) is 17.3 Å². The van der Waals surface area contributed by atoms with Crippen LogP contribution in [0, 0.1) is 5.82 Å². The zero-order chi connectivity index (χ0) is 11.5. The normalized spacial score (nSPS) is 25.4. The molecule has 0 radical (unpaired) electrons. The van der Waals surface area contributed by atoms with Crippen molar-refractivity contribution in [1.29, 1.82) is 0 Å². The highest BCUT2D eigenvalue weighted by Crippen LogP contribution is 2.24. The Kier molecular flexibility index (Phi) is 3.66. The Morgan fingerprint density at radius 1 is 1.31 bits per heavy atom. The number of aliphatic hydroxyl groups excluding tert-OH is 1. The van der Waals surface area contributed by atoms with Gasteiger partial charge in [0.1, 0.15) is 5.82 Å². The number of rotatable bonds is 2. The monoisotopic (exact) mass is 243 g/mol. The van der Waals surface area contributed by atoms with Crippen LogP contribution in [-0.2, 0) is 0 Å². The molecule has 0 heterocycles. The van der Waals surface area contributed by atoms with E-state index in [2.05, 4.69) is 5.32 Å². The minimum atomic E-state index is -0.433. The van der Waals surface area contributed by atoms with Crippen LogP contribution >= 0.6 is 11.6 Å². The maximum Gasteiger partial charge on any atom is 0.143 e. The van der Waals surface area contributed by atoms with Gasteiger partial charge in [-0.25, -0.2) is 4.39 Å². The third-order valence-corrected chi connectivity index (χ3v) is 3.31. The van der Waals surface area contributed by atoms with Crippen LogP contribution in [0.4, 0.5) is 10.1 Å². The molecule has 0 unspecified atom stereocenters. The lowest BCUT2D eigenvalue weighted by Gasteiger charge is -2.29. The Morgan fingerprint density at radius 2 is 2.06 bits per heavy atom. The van der Waals surface area contributed by atoms with E-state index in [1.165, 1.54) is 12.1 Å². The smallest absolute Gasteiger partial charge is 0.143 e. The molecule has 0 aromatic heterocycles.